The summed E-state index contributed by atoms with van der Waals surface area (Å²) in [6, 6.07) is 5.14. The number of esters is 1. The van der Waals surface area contributed by atoms with E-state index in [0.29, 0.717) is 10.9 Å². The minimum Gasteiger partial charge on any atom is -0.468 e. The molecular weight excluding hydrogens is 390 g/mol. The number of hydrogen-bond acceptors (Lipinski definition) is 5. The van der Waals surface area contributed by atoms with Crippen molar-refractivity contribution in [3.8, 4) is 0 Å². The van der Waals surface area contributed by atoms with E-state index in [-0.39, 0.29) is 37.0 Å². The number of fused-ring (bicyclic) bond motifs is 1. The Morgan fingerprint density at radius 3 is 2.72 bits per heavy atom. The van der Waals surface area contributed by atoms with Gasteiger partial charge in [0.1, 0.15) is 6.54 Å². The zero-order valence-electron chi connectivity index (χ0n) is 14.4. The van der Waals surface area contributed by atoms with Crippen molar-refractivity contribution in [2.24, 2.45) is 0 Å². The van der Waals surface area contributed by atoms with Gasteiger partial charge >= 0.3 is 5.97 Å². The van der Waals surface area contributed by atoms with E-state index in [1.165, 1.54) is 22.9 Å². The summed E-state index contributed by atoms with van der Waals surface area (Å²) in [6.07, 6.45) is 1.53. The summed E-state index contributed by atoms with van der Waals surface area (Å²) in [5.74, 6) is -0.696. The topological polar surface area (TPSA) is 81.5 Å². The molecule has 0 atom stereocenters. The van der Waals surface area contributed by atoms with E-state index >= 15 is 0 Å². The number of benzene rings is 1. The molecule has 0 radical (unpaired) electrons. The zero-order chi connectivity index (χ0) is 18.6. The maximum atomic E-state index is 12.5. The van der Waals surface area contributed by atoms with Crippen LogP contribution < -0.4 is 5.56 Å². The second kappa shape index (κ2) is 8.24. The molecular formula is C17H20BrN3O4. The maximum absolute atomic E-state index is 12.5. The third kappa shape index (κ3) is 4.66. The van der Waals surface area contributed by atoms with E-state index in [0.717, 1.165) is 4.47 Å². The molecule has 1 amide bonds. The van der Waals surface area contributed by atoms with Crippen LogP contribution in [0, 0.1) is 0 Å². The van der Waals surface area contributed by atoms with Crippen LogP contribution in [0.3, 0.4) is 0 Å². The second-order valence-corrected chi connectivity index (χ2v) is 6.76. The van der Waals surface area contributed by atoms with Crippen LogP contribution in [0.1, 0.15) is 20.3 Å². The Bertz CT molecular complexity index is 847. The Hall–Kier alpha value is -2.22. The molecule has 8 heteroatoms. The molecule has 25 heavy (non-hydrogen) atoms. The molecule has 0 saturated heterocycles. The molecule has 0 saturated carbocycles. The highest BCUT2D eigenvalue weighted by Gasteiger charge is 2.20. The lowest BCUT2D eigenvalue weighted by atomic mass is 10.2. The second-order valence-electron chi connectivity index (χ2n) is 5.85. The highest BCUT2D eigenvalue weighted by Crippen LogP contribution is 2.15. The van der Waals surface area contributed by atoms with Crippen LogP contribution in [0.2, 0.25) is 0 Å². The molecule has 2 rings (SSSR count). The van der Waals surface area contributed by atoms with Gasteiger partial charge in [0.2, 0.25) is 5.91 Å². The fraction of sp³-hybridized carbons (Fsp3) is 0.412. The number of carbonyl (C=O) groups is 2. The Morgan fingerprint density at radius 1 is 1.36 bits per heavy atom. The van der Waals surface area contributed by atoms with Gasteiger partial charge in [-0.1, -0.05) is 15.9 Å². The van der Waals surface area contributed by atoms with Crippen LogP contribution in [0.25, 0.3) is 10.9 Å². The number of methoxy groups -OCH3 is 1. The van der Waals surface area contributed by atoms with Crippen molar-refractivity contribution in [1.29, 1.82) is 0 Å². The van der Waals surface area contributed by atoms with Crippen LogP contribution in [0.5, 0.6) is 0 Å². The van der Waals surface area contributed by atoms with Crippen molar-refractivity contribution in [2.75, 3.05) is 13.7 Å². The number of aromatic nitrogens is 2. The molecule has 1 aromatic heterocycles. The first kappa shape index (κ1) is 19.1. The smallest absolute Gasteiger partial charge is 0.325 e. The van der Waals surface area contributed by atoms with E-state index in [1.807, 2.05) is 19.9 Å². The van der Waals surface area contributed by atoms with Crippen molar-refractivity contribution < 1.29 is 14.3 Å². The number of hydrogen-bond donors (Lipinski definition) is 0. The predicted molar refractivity (Wildman–Crippen MR) is 97.2 cm³/mol. The molecule has 0 fully saturated rings. The molecule has 0 aliphatic rings. The van der Waals surface area contributed by atoms with Gasteiger partial charge in [0.25, 0.3) is 5.56 Å². The summed E-state index contributed by atoms with van der Waals surface area (Å²) in [6.45, 7) is 3.73. The molecule has 0 spiro atoms. The highest BCUT2D eigenvalue weighted by atomic mass is 79.9. The number of amides is 1. The first-order valence-corrected chi connectivity index (χ1v) is 8.63. The molecule has 134 valence electrons. The number of nitrogens with zero attached hydrogens (tertiary/aromatic N) is 3. The van der Waals surface area contributed by atoms with Crippen LogP contribution in [-0.2, 0) is 20.9 Å². The van der Waals surface area contributed by atoms with Crippen molar-refractivity contribution >= 4 is 38.7 Å². The quantitative estimate of drug-likeness (QED) is 0.681. The van der Waals surface area contributed by atoms with E-state index in [2.05, 4.69) is 25.7 Å². The summed E-state index contributed by atoms with van der Waals surface area (Å²) in [5.41, 5.74) is 0.397. The Balaban J connectivity index is 2.15. The van der Waals surface area contributed by atoms with Gasteiger partial charge in [0.05, 0.1) is 24.3 Å². The lowest BCUT2D eigenvalue weighted by molar-refractivity contribution is -0.148. The third-order valence-corrected chi connectivity index (χ3v) is 4.32. The molecule has 0 aliphatic carbocycles. The molecule has 0 aliphatic heterocycles. The van der Waals surface area contributed by atoms with Crippen molar-refractivity contribution in [2.45, 2.75) is 32.9 Å². The minimum absolute atomic E-state index is 0.0935. The fourth-order valence-electron chi connectivity index (χ4n) is 2.41. The first-order valence-electron chi connectivity index (χ1n) is 7.84. The van der Waals surface area contributed by atoms with Gasteiger partial charge in [-0.15, -0.1) is 0 Å². The summed E-state index contributed by atoms with van der Waals surface area (Å²) in [7, 11) is 1.28. The molecule has 1 aromatic carbocycles. The number of carbonyl (C=O) groups excluding carboxylic acids is 2. The number of ether oxygens (including phenoxy) is 1. The normalized spacial score (nSPS) is 10.9. The van der Waals surface area contributed by atoms with E-state index in [4.69, 9.17) is 0 Å². The summed E-state index contributed by atoms with van der Waals surface area (Å²) in [5, 5.41) is 0.486. The summed E-state index contributed by atoms with van der Waals surface area (Å²) >= 11 is 3.34. The maximum Gasteiger partial charge on any atom is 0.325 e. The Morgan fingerprint density at radius 2 is 2.08 bits per heavy atom. The Labute approximate surface area is 153 Å². The van der Waals surface area contributed by atoms with Gasteiger partial charge < -0.3 is 9.64 Å². The standard InChI is InChI=1S/C17H20BrN3O4/c1-11(2)21(9-16(23)25-3)15(22)6-7-20-10-19-14-5-4-12(18)8-13(14)17(20)24/h4-5,8,10-11H,6-7,9H2,1-3H3. The van der Waals surface area contributed by atoms with Gasteiger partial charge in [-0.2, -0.15) is 0 Å². The molecule has 0 unspecified atom stereocenters. The Kier molecular flexibility index (Phi) is 6.30. The van der Waals surface area contributed by atoms with Crippen molar-refractivity contribution in [3.63, 3.8) is 0 Å². The summed E-state index contributed by atoms with van der Waals surface area (Å²) in [4.78, 5) is 42.1. The molecule has 0 N–H and O–H groups in total. The van der Waals surface area contributed by atoms with Gasteiger partial charge in [0, 0.05) is 23.5 Å². The van der Waals surface area contributed by atoms with Crippen molar-refractivity contribution in [3.05, 3.63) is 39.4 Å². The van der Waals surface area contributed by atoms with Gasteiger partial charge in [-0.25, -0.2) is 4.98 Å². The van der Waals surface area contributed by atoms with Crippen LogP contribution in [-0.4, -0.2) is 46.0 Å². The zero-order valence-corrected chi connectivity index (χ0v) is 15.9. The molecule has 7 nitrogen and oxygen atoms in total. The highest BCUT2D eigenvalue weighted by molar-refractivity contribution is 9.10. The van der Waals surface area contributed by atoms with Gasteiger partial charge in [-0.05, 0) is 32.0 Å². The average molecular weight is 410 g/mol. The monoisotopic (exact) mass is 409 g/mol. The van der Waals surface area contributed by atoms with Crippen LogP contribution in [0.4, 0.5) is 0 Å². The van der Waals surface area contributed by atoms with Gasteiger partial charge in [0.15, 0.2) is 0 Å². The number of aryl methyl sites for hydroxylation is 1. The van der Waals surface area contributed by atoms with E-state index in [1.54, 1.807) is 12.1 Å². The van der Waals surface area contributed by atoms with Crippen LogP contribution >= 0.6 is 15.9 Å². The SMILES string of the molecule is COC(=O)CN(C(=O)CCn1cnc2ccc(Br)cc2c1=O)C(C)C. The minimum atomic E-state index is -0.476. The molecule has 1 heterocycles. The van der Waals surface area contributed by atoms with E-state index in [9.17, 15) is 14.4 Å². The average Bonchev–Trinajstić information content (AvgIpc) is 2.58. The van der Waals surface area contributed by atoms with Crippen LogP contribution in [0.15, 0.2) is 33.8 Å². The van der Waals surface area contributed by atoms with Gasteiger partial charge in [-0.3, -0.25) is 19.0 Å². The summed E-state index contributed by atoms with van der Waals surface area (Å²) < 4.78 is 6.81. The lowest BCUT2D eigenvalue weighted by Gasteiger charge is -2.25. The van der Waals surface area contributed by atoms with E-state index < -0.39 is 5.97 Å². The number of halogens is 1. The fourth-order valence-corrected chi connectivity index (χ4v) is 2.77. The lowest BCUT2D eigenvalue weighted by Crippen LogP contribution is -2.41. The largest absolute Gasteiger partial charge is 0.468 e. The van der Waals surface area contributed by atoms with Crippen molar-refractivity contribution in [1.82, 2.24) is 14.5 Å². The predicted octanol–water partition coefficient (Wildman–Crippen LogP) is 1.96. The third-order valence-electron chi connectivity index (χ3n) is 3.82. The number of rotatable bonds is 6. The first-order chi connectivity index (χ1) is 11.8. The molecule has 2 aromatic rings. The molecule has 0 bridgehead atoms.